The van der Waals surface area contributed by atoms with Crippen molar-refractivity contribution < 1.29 is 45.4 Å². The van der Waals surface area contributed by atoms with Crippen LogP contribution in [0, 0.1) is 5.92 Å². The number of alkyl halides is 6. The van der Waals surface area contributed by atoms with Crippen molar-refractivity contribution in [3.63, 3.8) is 0 Å². The molecule has 1 N–H and O–H groups in total. The first-order valence-corrected chi connectivity index (χ1v) is 18.1. The number of hydrogen-bond donors (Lipinski definition) is 1. The van der Waals surface area contributed by atoms with Gasteiger partial charge in [-0.3, -0.25) is 4.90 Å². The molecule has 16 heteroatoms. The molecule has 2 unspecified atom stereocenters. The van der Waals surface area contributed by atoms with Crippen molar-refractivity contribution in [3.8, 4) is 0 Å². The number of carbonyl (C=O) groups is 1. The summed E-state index contributed by atoms with van der Waals surface area (Å²) in [5, 5.41) is 7.62. The van der Waals surface area contributed by atoms with E-state index in [2.05, 4.69) is 20.3 Å². The summed E-state index contributed by atoms with van der Waals surface area (Å²) in [5.74, 6) is 0.0935. The molecule has 0 saturated carbocycles. The summed E-state index contributed by atoms with van der Waals surface area (Å²) in [7, 11) is 1.34. The number of likely N-dealkylation sites (tertiary alicyclic amines) is 2. The van der Waals surface area contributed by atoms with Gasteiger partial charge in [-0.2, -0.15) is 26.3 Å². The fraction of sp³-hybridized carbons (Fsp3) is 0.611. The van der Waals surface area contributed by atoms with Crippen LogP contribution in [0.1, 0.15) is 74.1 Å². The summed E-state index contributed by atoms with van der Waals surface area (Å²) in [6.45, 7) is 8.08. The lowest BCUT2D eigenvalue weighted by molar-refractivity contribution is -0.143. The molecule has 0 aromatic heterocycles. The van der Waals surface area contributed by atoms with E-state index in [1.807, 2.05) is 13.8 Å². The lowest BCUT2D eigenvalue weighted by atomic mass is 9.90. The van der Waals surface area contributed by atoms with Crippen molar-refractivity contribution in [2.75, 3.05) is 53.0 Å². The molecule has 0 aliphatic carbocycles. The minimum Gasteiger partial charge on any atom is -0.445 e. The number of piperidine rings is 2. The third kappa shape index (κ3) is 13.0. The smallest absolute Gasteiger partial charge is 0.416 e. The minimum absolute atomic E-state index is 0.0142. The van der Waals surface area contributed by atoms with E-state index >= 15 is 0 Å². The number of ether oxygens (including phenoxy) is 2. The number of nitrogens with one attached hydrogen (secondary N) is 1. The minimum atomic E-state index is -4.97. The quantitative estimate of drug-likeness (QED) is 0.117. The Balaban J connectivity index is 1.37. The Morgan fingerprint density at radius 2 is 1.62 bits per heavy atom. The molecule has 2 aliphatic heterocycles. The molecule has 2 saturated heterocycles. The van der Waals surface area contributed by atoms with Crippen LogP contribution in [0.3, 0.4) is 0 Å². The van der Waals surface area contributed by atoms with E-state index in [9.17, 15) is 31.1 Å². The third-order valence-electron chi connectivity index (χ3n) is 9.22. The van der Waals surface area contributed by atoms with Crippen LogP contribution in [-0.4, -0.2) is 86.7 Å². The number of benzene rings is 2. The SMILES string of the molecule is CO/N=C(\COCc1cc(C(F)(F)F)cc(C(F)(F)F)c1)C(CCN1CCC(CN2CCCC(OC(=O)NC(C)C)C2)CC1)c1ccc(Cl)c(Cl)c1. The van der Waals surface area contributed by atoms with Crippen molar-refractivity contribution in [1.82, 2.24) is 15.1 Å². The number of nitrogens with zero attached hydrogens (tertiary/aromatic N) is 3. The maximum Gasteiger partial charge on any atom is 0.416 e. The summed E-state index contributed by atoms with van der Waals surface area (Å²) >= 11 is 12.6. The molecule has 0 spiro atoms. The molecule has 2 aromatic rings. The molecule has 52 heavy (non-hydrogen) atoms. The van der Waals surface area contributed by atoms with Gasteiger partial charge in [0.2, 0.25) is 0 Å². The molecule has 0 radical (unpaired) electrons. The summed E-state index contributed by atoms with van der Waals surface area (Å²) < 4.78 is 91.8. The number of amides is 1. The van der Waals surface area contributed by atoms with Crippen LogP contribution in [0.15, 0.2) is 41.6 Å². The van der Waals surface area contributed by atoms with Gasteiger partial charge in [0, 0.05) is 25.0 Å². The fourth-order valence-corrected chi connectivity index (χ4v) is 7.01. The van der Waals surface area contributed by atoms with E-state index < -0.39 is 36.0 Å². The molecule has 8 nitrogen and oxygen atoms in total. The lowest BCUT2D eigenvalue weighted by Crippen LogP contribution is -2.46. The number of rotatable bonds is 14. The molecule has 0 bridgehead atoms. The molecule has 4 rings (SSSR count). The van der Waals surface area contributed by atoms with Crippen molar-refractivity contribution >= 4 is 35.0 Å². The van der Waals surface area contributed by atoms with Gasteiger partial charge in [-0.25, -0.2) is 4.79 Å². The van der Waals surface area contributed by atoms with E-state index in [1.54, 1.807) is 18.2 Å². The summed E-state index contributed by atoms with van der Waals surface area (Å²) in [6.07, 6.45) is -6.08. The predicted octanol–water partition coefficient (Wildman–Crippen LogP) is 9.03. The Bertz CT molecular complexity index is 1470. The molecule has 2 aliphatic rings. The monoisotopic (exact) mass is 782 g/mol. The number of alkyl carbamates (subject to hydrolysis) is 1. The largest absolute Gasteiger partial charge is 0.445 e. The topological polar surface area (TPSA) is 75.6 Å². The molecule has 2 heterocycles. The van der Waals surface area contributed by atoms with E-state index in [0.29, 0.717) is 46.8 Å². The van der Waals surface area contributed by atoms with Gasteiger partial charge in [0.1, 0.15) is 13.2 Å². The van der Waals surface area contributed by atoms with Crippen LogP contribution in [0.25, 0.3) is 0 Å². The Morgan fingerprint density at radius 1 is 0.942 bits per heavy atom. The van der Waals surface area contributed by atoms with Gasteiger partial charge >= 0.3 is 18.4 Å². The second kappa shape index (κ2) is 19.0. The zero-order chi connectivity index (χ0) is 38.1. The normalized spacial score (nSPS) is 19.2. The van der Waals surface area contributed by atoms with Gasteiger partial charge < -0.3 is 24.5 Å². The van der Waals surface area contributed by atoms with Crippen LogP contribution in [0.5, 0.6) is 0 Å². The maximum absolute atomic E-state index is 13.4. The Kier molecular flexibility index (Phi) is 15.3. The highest BCUT2D eigenvalue weighted by molar-refractivity contribution is 6.42. The number of halogens is 8. The standard InChI is InChI=1S/C36H46Cl2F6N4O4/c1-23(2)45-34(49)52-29-5-4-11-48(20-29)19-24-8-12-47(13-9-24)14-10-30(26-6-7-31(37)32(38)17-26)33(46-50-3)22-51-21-25-15-27(35(39,40)41)18-28(16-25)36(42,43)44/h6-7,15-18,23-24,29-30H,4-5,8-14,19-22H2,1-3H3,(H,45,49)/b46-33+. The van der Waals surface area contributed by atoms with Crippen molar-refractivity contribution in [1.29, 1.82) is 0 Å². The number of carbonyl (C=O) groups excluding carboxylic acids is 1. The van der Waals surface area contributed by atoms with Crippen LogP contribution < -0.4 is 5.32 Å². The molecular weight excluding hydrogens is 737 g/mol. The second-order valence-corrected chi connectivity index (χ2v) is 14.5. The van der Waals surface area contributed by atoms with Gasteiger partial charge in [0.05, 0.1) is 40.1 Å². The highest BCUT2D eigenvalue weighted by atomic mass is 35.5. The lowest BCUT2D eigenvalue weighted by Gasteiger charge is -2.38. The maximum atomic E-state index is 13.4. The van der Waals surface area contributed by atoms with Crippen LogP contribution in [0.2, 0.25) is 10.0 Å². The van der Waals surface area contributed by atoms with E-state index in [1.165, 1.54) is 7.11 Å². The first-order valence-electron chi connectivity index (χ1n) is 17.3. The molecule has 2 atom stereocenters. The summed E-state index contributed by atoms with van der Waals surface area (Å²) in [4.78, 5) is 22.0. The van der Waals surface area contributed by atoms with E-state index in [0.717, 1.165) is 64.0 Å². The molecule has 290 valence electrons. The highest BCUT2D eigenvalue weighted by Gasteiger charge is 2.37. The molecule has 1 amide bonds. The fourth-order valence-electron chi connectivity index (χ4n) is 6.70. The average Bonchev–Trinajstić information content (AvgIpc) is 3.06. The van der Waals surface area contributed by atoms with Gasteiger partial charge in [0.15, 0.2) is 0 Å². The van der Waals surface area contributed by atoms with Crippen molar-refractivity contribution in [3.05, 3.63) is 68.7 Å². The summed E-state index contributed by atoms with van der Waals surface area (Å²) in [5.41, 5.74) is -1.96. The van der Waals surface area contributed by atoms with Gasteiger partial charge in [0.25, 0.3) is 0 Å². The van der Waals surface area contributed by atoms with Crippen LogP contribution >= 0.6 is 23.2 Å². The van der Waals surface area contributed by atoms with Crippen molar-refractivity contribution in [2.45, 2.75) is 83.0 Å². The van der Waals surface area contributed by atoms with Crippen molar-refractivity contribution in [2.24, 2.45) is 11.1 Å². The van der Waals surface area contributed by atoms with Gasteiger partial charge in [-0.15, -0.1) is 0 Å². The third-order valence-corrected chi connectivity index (χ3v) is 9.96. The average molecular weight is 784 g/mol. The zero-order valence-corrected chi connectivity index (χ0v) is 31.0. The van der Waals surface area contributed by atoms with E-state index in [4.69, 9.17) is 37.5 Å². The first kappa shape index (κ1) is 42.0. The Labute approximate surface area is 310 Å². The van der Waals surface area contributed by atoms with E-state index in [-0.39, 0.29) is 36.5 Å². The zero-order valence-electron chi connectivity index (χ0n) is 29.5. The van der Waals surface area contributed by atoms with Crippen LogP contribution in [-0.2, 0) is 33.3 Å². The highest BCUT2D eigenvalue weighted by Crippen LogP contribution is 2.37. The van der Waals surface area contributed by atoms with Gasteiger partial charge in [-0.05, 0) is 120 Å². The molecule has 2 aromatic carbocycles. The van der Waals surface area contributed by atoms with Crippen LogP contribution in [0.4, 0.5) is 31.1 Å². The Hall–Kier alpha value is -2.78. The second-order valence-electron chi connectivity index (χ2n) is 13.7. The molecule has 2 fully saturated rings. The number of hydrogen-bond acceptors (Lipinski definition) is 7. The summed E-state index contributed by atoms with van der Waals surface area (Å²) in [6, 6.07) is 6.53. The number of oxime groups is 1. The first-order chi connectivity index (χ1) is 24.5. The van der Waals surface area contributed by atoms with Gasteiger partial charge in [-0.1, -0.05) is 34.4 Å². The predicted molar refractivity (Wildman–Crippen MR) is 188 cm³/mol. The molecular formula is C36H46Cl2F6N4O4. The Morgan fingerprint density at radius 3 is 2.21 bits per heavy atom.